The van der Waals surface area contributed by atoms with Crippen LogP contribution in [0.15, 0.2) is 42.5 Å². The fraction of sp³-hybridized carbons (Fsp3) is 0.250. The van der Waals surface area contributed by atoms with Crippen molar-refractivity contribution < 1.29 is 13.9 Å². The molecule has 0 spiro atoms. The minimum absolute atomic E-state index is 0.0185. The van der Waals surface area contributed by atoms with Crippen LogP contribution in [0, 0.1) is 11.6 Å². The van der Waals surface area contributed by atoms with Crippen molar-refractivity contribution in [3.63, 3.8) is 0 Å². The Balaban J connectivity index is 2.10. The standard InChI is InChI=1S/C16H17F2NO/c1-10(12-3-5-13(17)6-4-12)19-11(2)15-8-7-14(18)9-16(15)20/h3-11,19-20H,1-2H3/t10-,11?/m1/s1. The largest absolute Gasteiger partial charge is 0.508 e. The van der Waals surface area contributed by atoms with Crippen LogP contribution in [-0.4, -0.2) is 5.11 Å². The van der Waals surface area contributed by atoms with E-state index in [0.717, 1.165) is 11.6 Å². The number of hydrogen-bond acceptors (Lipinski definition) is 2. The maximum absolute atomic E-state index is 13.0. The molecule has 2 N–H and O–H groups in total. The van der Waals surface area contributed by atoms with Crippen molar-refractivity contribution in [1.82, 2.24) is 5.32 Å². The third-order valence-corrected chi connectivity index (χ3v) is 3.33. The maximum atomic E-state index is 13.0. The lowest BCUT2D eigenvalue weighted by molar-refractivity contribution is 0.434. The molecular weight excluding hydrogens is 260 g/mol. The van der Waals surface area contributed by atoms with Gasteiger partial charge in [-0.25, -0.2) is 8.78 Å². The highest BCUT2D eigenvalue weighted by atomic mass is 19.1. The number of phenols is 1. The minimum Gasteiger partial charge on any atom is -0.508 e. The molecule has 0 aliphatic rings. The number of halogens is 2. The van der Waals surface area contributed by atoms with E-state index in [1.165, 1.54) is 18.2 Å². The average Bonchev–Trinajstić information content (AvgIpc) is 2.39. The zero-order chi connectivity index (χ0) is 14.7. The van der Waals surface area contributed by atoms with Gasteiger partial charge in [-0.05, 0) is 37.6 Å². The van der Waals surface area contributed by atoms with Crippen molar-refractivity contribution >= 4 is 0 Å². The summed E-state index contributed by atoms with van der Waals surface area (Å²) in [5.41, 5.74) is 1.57. The lowest BCUT2D eigenvalue weighted by Crippen LogP contribution is -2.22. The van der Waals surface area contributed by atoms with Gasteiger partial charge >= 0.3 is 0 Å². The summed E-state index contributed by atoms with van der Waals surface area (Å²) < 4.78 is 25.8. The highest BCUT2D eigenvalue weighted by Gasteiger charge is 2.14. The van der Waals surface area contributed by atoms with Crippen LogP contribution in [0.25, 0.3) is 0 Å². The molecule has 0 amide bonds. The lowest BCUT2D eigenvalue weighted by Gasteiger charge is -2.21. The van der Waals surface area contributed by atoms with Gasteiger partial charge in [0.1, 0.15) is 17.4 Å². The number of benzene rings is 2. The van der Waals surface area contributed by atoms with Gasteiger partial charge in [-0.15, -0.1) is 0 Å². The summed E-state index contributed by atoms with van der Waals surface area (Å²) >= 11 is 0. The molecular formula is C16H17F2NO. The average molecular weight is 277 g/mol. The molecule has 1 unspecified atom stereocenters. The van der Waals surface area contributed by atoms with E-state index in [9.17, 15) is 13.9 Å². The Bertz CT molecular complexity index is 584. The monoisotopic (exact) mass is 277 g/mol. The van der Waals surface area contributed by atoms with Crippen LogP contribution in [0.5, 0.6) is 5.75 Å². The number of hydrogen-bond donors (Lipinski definition) is 2. The number of nitrogens with one attached hydrogen (secondary N) is 1. The second-order valence-electron chi connectivity index (χ2n) is 4.86. The second-order valence-corrected chi connectivity index (χ2v) is 4.86. The zero-order valence-corrected chi connectivity index (χ0v) is 11.4. The Hall–Kier alpha value is -1.94. The van der Waals surface area contributed by atoms with E-state index < -0.39 is 5.82 Å². The van der Waals surface area contributed by atoms with Crippen LogP contribution in [0.2, 0.25) is 0 Å². The minimum atomic E-state index is -0.468. The summed E-state index contributed by atoms with van der Waals surface area (Å²) in [5.74, 6) is -0.813. The molecule has 0 aliphatic carbocycles. The highest BCUT2D eigenvalue weighted by molar-refractivity contribution is 5.35. The van der Waals surface area contributed by atoms with Gasteiger partial charge in [0.25, 0.3) is 0 Å². The first kappa shape index (κ1) is 14.5. The summed E-state index contributed by atoms with van der Waals surface area (Å²) in [4.78, 5) is 0. The summed E-state index contributed by atoms with van der Waals surface area (Å²) in [6.07, 6.45) is 0. The maximum Gasteiger partial charge on any atom is 0.126 e. The first-order valence-corrected chi connectivity index (χ1v) is 6.47. The van der Waals surface area contributed by atoms with Crippen molar-refractivity contribution in [3.8, 4) is 5.75 Å². The van der Waals surface area contributed by atoms with Gasteiger partial charge in [0.15, 0.2) is 0 Å². The molecule has 0 heterocycles. The Morgan fingerprint density at radius 1 is 0.900 bits per heavy atom. The quantitative estimate of drug-likeness (QED) is 0.882. The second kappa shape index (κ2) is 6.01. The molecule has 2 aromatic rings. The van der Waals surface area contributed by atoms with Crippen LogP contribution in [-0.2, 0) is 0 Å². The molecule has 2 nitrogen and oxygen atoms in total. The molecule has 0 aromatic heterocycles. The topological polar surface area (TPSA) is 32.3 Å². The number of aromatic hydroxyl groups is 1. The third kappa shape index (κ3) is 3.33. The van der Waals surface area contributed by atoms with Gasteiger partial charge in [0.05, 0.1) is 0 Å². The molecule has 2 aromatic carbocycles. The molecule has 2 rings (SSSR count). The van der Waals surface area contributed by atoms with Crippen LogP contribution in [0.4, 0.5) is 8.78 Å². The number of phenolic OH excluding ortho intramolecular Hbond substituents is 1. The Morgan fingerprint density at radius 3 is 2.10 bits per heavy atom. The molecule has 106 valence electrons. The predicted octanol–water partition coefficient (Wildman–Crippen LogP) is 4.08. The lowest BCUT2D eigenvalue weighted by atomic mass is 10.0. The van der Waals surface area contributed by atoms with E-state index >= 15 is 0 Å². The van der Waals surface area contributed by atoms with E-state index in [2.05, 4.69) is 5.32 Å². The fourth-order valence-electron chi connectivity index (χ4n) is 2.20. The predicted molar refractivity (Wildman–Crippen MR) is 74.4 cm³/mol. The van der Waals surface area contributed by atoms with Gasteiger partial charge in [0, 0.05) is 23.7 Å². The van der Waals surface area contributed by atoms with Gasteiger partial charge in [-0.2, -0.15) is 0 Å². The van der Waals surface area contributed by atoms with E-state index in [1.807, 2.05) is 13.8 Å². The van der Waals surface area contributed by atoms with Crippen LogP contribution >= 0.6 is 0 Å². The highest BCUT2D eigenvalue weighted by Crippen LogP contribution is 2.27. The molecule has 2 atom stereocenters. The van der Waals surface area contributed by atoms with Crippen LogP contribution in [0.3, 0.4) is 0 Å². The SMILES string of the molecule is CC(N[C@H](C)c1ccc(F)cc1)c1ccc(F)cc1O. The molecule has 0 fully saturated rings. The zero-order valence-electron chi connectivity index (χ0n) is 11.4. The summed E-state index contributed by atoms with van der Waals surface area (Å²) in [6, 6.07) is 10.0. The van der Waals surface area contributed by atoms with Gasteiger partial charge in [-0.1, -0.05) is 18.2 Å². The van der Waals surface area contributed by atoms with Gasteiger partial charge < -0.3 is 10.4 Å². The molecule has 0 saturated carbocycles. The van der Waals surface area contributed by atoms with Crippen LogP contribution in [0.1, 0.15) is 37.1 Å². The Labute approximate surface area is 117 Å². The summed E-state index contributed by atoms with van der Waals surface area (Å²) in [7, 11) is 0. The summed E-state index contributed by atoms with van der Waals surface area (Å²) in [5, 5.41) is 13.0. The summed E-state index contributed by atoms with van der Waals surface area (Å²) in [6.45, 7) is 3.83. The molecule has 4 heteroatoms. The normalized spacial score (nSPS) is 14.0. The van der Waals surface area contributed by atoms with E-state index in [1.54, 1.807) is 18.2 Å². The number of rotatable bonds is 4. The van der Waals surface area contributed by atoms with Crippen LogP contribution < -0.4 is 5.32 Å². The van der Waals surface area contributed by atoms with Crippen molar-refractivity contribution in [1.29, 1.82) is 0 Å². The first-order chi connectivity index (χ1) is 9.47. The van der Waals surface area contributed by atoms with Crippen molar-refractivity contribution in [3.05, 3.63) is 65.2 Å². The first-order valence-electron chi connectivity index (χ1n) is 6.47. The molecule has 20 heavy (non-hydrogen) atoms. The van der Waals surface area contributed by atoms with Crippen molar-refractivity contribution in [2.45, 2.75) is 25.9 Å². The molecule has 0 radical (unpaired) electrons. The van der Waals surface area contributed by atoms with E-state index in [-0.39, 0.29) is 23.7 Å². The van der Waals surface area contributed by atoms with E-state index in [0.29, 0.717) is 5.56 Å². The third-order valence-electron chi connectivity index (χ3n) is 3.33. The fourth-order valence-corrected chi connectivity index (χ4v) is 2.20. The Morgan fingerprint density at radius 2 is 1.50 bits per heavy atom. The van der Waals surface area contributed by atoms with Crippen molar-refractivity contribution in [2.75, 3.05) is 0 Å². The smallest absolute Gasteiger partial charge is 0.126 e. The van der Waals surface area contributed by atoms with E-state index in [4.69, 9.17) is 0 Å². The Kier molecular flexibility index (Phi) is 4.35. The van der Waals surface area contributed by atoms with Gasteiger partial charge in [0.2, 0.25) is 0 Å². The molecule has 0 aliphatic heterocycles. The van der Waals surface area contributed by atoms with Crippen molar-refractivity contribution in [2.24, 2.45) is 0 Å². The van der Waals surface area contributed by atoms with Gasteiger partial charge in [-0.3, -0.25) is 0 Å². The molecule has 0 saturated heterocycles. The molecule has 0 bridgehead atoms.